The quantitative estimate of drug-likeness (QED) is 0.549. The molecule has 1 heterocycles. The third-order valence-electron chi connectivity index (χ3n) is 0.937. The van der Waals surface area contributed by atoms with Crippen LogP contribution in [0.15, 0.2) is 6.20 Å². The van der Waals surface area contributed by atoms with E-state index in [0.717, 1.165) is 5.69 Å². The van der Waals surface area contributed by atoms with Gasteiger partial charge >= 0.3 is 0 Å². The van der Waals surface area contributed by atoms with Gasteiger partial charge in [-0.15, -0.1) is 0 Å². The summed E-state index contributed by atoms with van der Waals surface area (Å²) in [6, 6.07) is 0. The minimum atomic E-state index is 0.447. The van der Waals surface area contributed by atoms with Gasteiger partial charge in [-0.1, -0.05) is 11.6 Å². The second-order valence-electron chi connectivity index (χ2n) is 1.74. The molecule has 0 amide bonds. The summed E-state index contributed by atoms with van der Waals surface area (Å²) < 4.78 is 0. The van der Waals surface area contributed by atoms with Crippen molar-refractivity contribution in [3.05, 3.63) is 29.7 Å². The Hall–Kier alpha value is -0.630. The van der Waals surface area contributed by atoms with Crippen LogP contribution in [0.25, 0.3) is 0 Å². The molecule has 1 rings (SSSR count). The van der Waals surface area contributed by atoms with Crippen molar-refractivity contribution in [3.63, 3.8) is 0 Å². The summed E-state index contributed by atoms with van der Waals surface area (Å²) in [7, 11) is 0. The maximum atomic E-state index is 5.58. The third-order valence-corrected chi connectivity index (χ3v) is 1.31. The topological polar surface area (TPSA) is 25.8 Å². The first kappa shape index (κ1) is 6.49. The Morgan fingerprint density at radius 3 is 2.78 bits per heavy atom. The first-order chi connectivity index (χ1) is 4.20. The molecule has 1 aromatic rings. The Kier molecular flexibility index (Phi) is 1.67. The molecule has 0 unspecified atom stereocenters. The van der Waals surface area contributed by atoms with Gasteiger partial charge in [-0.2, -0.15) is 0 Å². The molecule has 1 radical (unpaired) electrons. The second-order valence-corrected chi connectivity index (χ2v) is 2.10. The van der Waals surface area contributed by atoms with Crippen LogP contribution in [0.1, 0.15) is 11.4 Å². The smallest absolute Gasteiger partial charge is 0.150 e. The molecule has 0 aliphatic rings. The molecular weight excluding hydrogens is 136 g/mol. The van der Waals surface area contributed by atoms with Crippen LogP contribution in [0.2, 0.25) is 5.15 Å². The van der Waals surface area contributed by atoms with Crippen molar-refractivity contribution in [2.75, 3.05) is 0 Å². The van der Waals surface area contributed by atoms with E-state index in [9.17, 15) is 0 Å². The number of aryl methyl sites for hydroxylation is 1. The summed E-state index contributed by atoms with van der Waals surface area (Å²) >= 11 is 5.58. The van der Waals surface area contributed by atoms with Crippen molar-refractivity contribution in [3.8, 4) is 0 Å². The minimum Gasteiger partial charge on any atom is -0.253 e. The van der Waals surface area contributed by atoms with Crippen molar-refractivity contribution in [1.82, 2.24) is 9.97 Å². The first-order valence-corrected chi connectivity index (χ1v) is 2.89. The van der Waals surface area contributed by atoms with E-state index in [1.165, 1.54) is 6.20 Å². The highest BCUT2D eigenvalue weighted by atomic mass is 35.5. The fraction of sp³-hybridized carbons (Fsp3) is 0.167. The molecule has 0 saturated carbocycles. The summed E-state index contributed by atoms with van der Waals surface area (Å²) in [4.78, 5) is 7.79. The summed E-state index contributed by atoms with van der Waals surface area (Å²) in [5.41, 5.74) is 1.38. The number of hydrogen-bond donors (Lipinski definition) is 0. The molecule has 3 heteroatoms. The van der Waals surface area contributed by atoms with Crippen LogP contribution in [-0.2, 0) is 0 Å². The zero-order valence-corrected chi connectivity index (χ0v) is 5.81. The van der Waals surface area contributed by atoms with Crippen LogP contribution in [0.5, 0.6) is 0 Å². The lowest BCUT2D eigenvalue weighted by atomic mass is 10.4. The van der Waals surface area contributed by atoms with E-state index in [1.54, 1.807) is 6.92 Å². The largest absolute Gasteiger partial charge is 0.253 e. The van der Waals surface area contributed by atoms with Gasteiger partial charge in [0, 0.05) is 0 Å². The Morgan fingerprint density at radius 2 is 2.33 bits per heavy atom. The molecule has 0 spiro atoms. The lowest BCUT2D eigenvalue weighted by Crippen LogP contribution is -1.88. The van der Waals surface area contributed by atoms with E-state index in [4.69, 9.17) is 11.6 Å². The Balaban J connectivity index is 3.17. The van der Waals surface area contributed by atoms with Gasteiger partial charge in [-0.25, -0.2) is 4.98 Å². The van der Waals surface area contributed by atoms with Gasteiger partial charge in [-0.05, 0) is 13.8 Å². The Labute approximate surface area is 58.9 Å². The van der Waals surface area contributed by atoms with Crippen LogP contribution in [0, 0.1) is 13.8 Å². The molecule has 0 atom stereocenters. The van der Waals surface area contributed by atoms with Crippen LogP contribution in [0.4, 0.5) is 0 Å². The number of nitrogens with zero attached hydrogens (tertiary/aromatic N) is 2. The number of rotatable bonds is 0. The molecular formula is C6H6ClN2. The van der Waals surface area contributed by atoms with E-state index in [2.05, 4.69) is 16.9 Å². The predicted octanol–water partition coefficient (Wildman–Crippen LogP) is 1.62. The third kappa shape index (κ3) is 1.39. The molecule has 0 fully saturated rings. The highest BCUT2D eigenvalue weighted by molar-refractivity contribution is 6.29. The molecule has 0 saturated heterocycles. The normalized spacial score (nSPS) is 9.67. The van der Waals surface area contributed by atoms with Crippen LogP contribution < -0.4 is 0 Å². The molecule has 0 aliphatic heterocycles. The van der Waals surface area contributed by atoms with E-state index in [-0.39, 0.29) is 0 Å². The zero-order valence-electron chi connectivity index (χ0n) is 5.06. The van der Waals surface area contributed by atoms with E-state index < -0.39 is 0 Å². The number of halogens is 1. The fourth-order valence-electron chi connectivity index (χ4n) is 0.515. The van der Waals surface area contributed by atoms with Crippen LogP contribution in [0.3, 0.4) is 0 Å². The van der Waals surface area contributed by atoms with Crippen molar-refractivity contribution in [1.29, 1.82) is 0 Å². The van der Waals surface area contributed by atoms with E-state index in [1.807, 2.05) is 0 Å². The molecule has 2 nitrogen and oxygen atoms in total. The molecule has 0 bridgehead atoms. The fourth-order valence-corrected chi connectivity index (χ4v) is 0.606. The van der Waals surface area contributed by atoms with Gasteiger partial charge in [0.15, 0.2) is 0 Å². The molecule has 47 valence electrons. The van der Waals surface area contributed by atoms with Crippen molar-refractivity contribution in [2.45, 2.75) is 6.92 Å². The minimum absolute atomic E-state index is 0.447. The van der Waals surface area contributed by atoms with Crippen molar-refractivity contribution in [2.24, 2.45) is 0 Å². The molecule has 0 aliphatic carbocycles. The van der Waals surface area contributed by atoms with Gasteiger partial charge in [0.25, 0.3) is 0 Å². The molecule has 1 aromatic heterocycles. The van der Waals surface area contributed by atoms with Crippen molar-refractivity contribution < 1.29 is 0 Å². The van der Waals surface area contributed by atoms with Gasteiger partial charge in [0.05, 0.1) is 17.6 Å². The van der Waals surface area contributed by atoms with Crippen molar-refractivity contribution >= 4 is 11.6 Å². The average molecular weight is 142 g/mol. The maximum Gasteiger partial charge on any atom is 0.150 e. The number of hydrogen-bond acceptors (Lipinski definition) is 2. The van der Waals surface area contributed by atoms with E-state index in [0.29, 0.717) is 10.8 Å². The average Bonchev–Trinajstić information content (AvgIpc) is 1.80. The zero-order chi connectivity index (χ0) is 6.85. The highest BCUT2D eigenvalue weighted by Crippen LogP contribution is 2.07. The van der Waals surface area contributed by atoms with Gasteiger partial charge in [0.2, 0.25) is 0 Å². The SMILES string of the molecule is [CH2]c1cnc(Cl)c(C)n1. The molecule has 0 N–H and O–H groups in total. The standard InChI is InChI=1S/C6H6ClN2/c1-4-3-8-6(7)5(2)9-4/h3H,1H2,2H3. The predicted molar refractivity (Wildman–Crippen MR) is 36.2 cm³/mol. The number of aromatic nitrogens is 2. The summed E-state index contributed by atoms with van der Waals surface area (Å²) in [5.74, 6) is 0. The lowest BCUT2D eigenvalue weighted by molar-refractivity contribution is 1.09. The molecule has 0 aromatic carbocycles. The Bertz CT molecular complexity index is 222. The first-order valence-electron chi connectivity index (χ1n) is 2.51. The summed E-state index contributed by atoms with van der Waals surface area (Å²) in [5, 5.41) is 0.447. The lowest BCUT2D eigenvalue weighted by Gasteiger charge is -1.94. The Morgan fingerprint density at radius 1 is 1.67 bits per heavy atom. The van der Waals surface area contributed by atoms with Gasteiger partial charge < -0.3 is 0 Å². The van der Waals surface area contributed by atoms with Gasteiger partial charge in [-0.3, -0.25) is 4.98 Å². The van der Waals surface area contributed by atoms with Gasteiger partial charge in [0.1, 0.15) is 5.15 Å². The van der Waals surface area contributed by atoms with Crippen LogP contribution >= 0.6 is 11.6 Å². The maximum absolute atomic E-state index is 5.58. The monoisotopic (exact) mass is 141 g/mol. The highest BCUT2D eigenvalue weighted by Gasteiger charge is 1.94. The van der Waals surface area contributed by atoms with E-state index >= 15 is 0 Å². The second kappa shape index (κ2) is 2.31. The summed E-state index contributed by atoms with van der Waals surface area (Å²) in [6.07, 6.45) is 1.54. The summed E-state index contributed by atoms with van der Waals surface area (Å²) in [6.45, 7) is 5.39. The van der Waals surface area contributed by atoms with Crippen LogP contribution in [-0.4, -0.2) is 9.97 Å². The molecule has 9 heavy (non-hydrogen) atoms.